The first-order valence-corrected chi connectivity index (χ1v) is 2.70. The molecule has 54 valence electrons. The van der Waals surface area contributed by atoms with Crippen LogP contribution >= 0.6 is 0 Å². The Bertz CT molecular complexity index is 205. The summed E-state index contributed by atoms with van der Waals surface area (Å²) < 4.78 is 9.02. The van der Waals surface area contributed by atoms with Gasteiger partial charge in [0, 0.05) is 6.07 Å². The molecule has 0 saturated carbocycles. The Morgan fingerprint density at radius 3 is 3.10 bits per heavy atom. The number of anilines is 1. The second-order valence-corrected chi connectivity index (χ2v) is 1.63. The van der Waals surface area contributed by atoms with Crippen LogP contribution in [0.4, 0.5) is 10.5 Å². The first kappa shape index (κ1) is 6.67. The monoisotopic (exact) mass is 141 g/mol. The summed E-state index contributed by atoms with van der Waals surface area (Å²) in [6.45, 7) is 0. The summed E-state index contributed by atoms with van der Waals surface area (Å²) in [4.78, 5) is 10.5. The molecule has 0 aliphatic heterocycles. The zero-order chi connectivity index (χ0) is 7.40. The van der Waals surface area contributed by atoms with Gasteiger partial charge in [0.1, 0.15) is 6.26 Å². The van der Waals surface area contributed by atoms with Crippen molar-refractivity contribution in [2.45, 2.75) is 0 Å². The van der Waals surface area contributed by atoms with Crippen LogP contribution < -0.4 is 5.32 Å². The summed E-state index contributed by atoms with van der Waals surface area (Å²) in [6.07, 6.45) is 2.38. The minimum atomic E-state index is -0.499. The molecule has 0 saturated heterocycles. The number of methoxy groups -OCH3 is 1. The molecular weight excluding hydrogens is 134 g/mol. The minimum absolute atomic E-state index is 0.499. The topological polar surface area (TPSA) is 51.5 Å². The van der Waals surface area contributed by atoms with Crippen molar-refractivity contribution >= 4 is 11.8 Å². The molecule has 1 aromatic heterocycles. The molecule has 0 aromatic carbocycles. The van der Waals surface area contributed by atoms with Gasteiger partial charge in [-0.05, 0) is 0 Å². The van der Waals surface area contributed by atoms with Crippen LogP contribution in [0.1, 0.15) is 0 Å². The zero-order valence-electron chi connectivity index (χ0n) is 5.46. The summed E-state index contributed by atoms with van der Waals surface area (Å²) in [7, 11) is 1.30. The lowest BCUT2D eigenvalue weighted by Gasteiger charge is -1.96. The van der Waals surface area contributed by atoms with E-state index in [9.17, 15) is 4.79 Å². The number of hydrogen-bond acceptors (Lipinski definition) is 3. The molecule has 4 nitrogen and oxygen atoms in total. The molecule has 0 radical (unpaired) electrons. The lowest BCUT2D eigenvalue weighted by atomic mass is 10.5. The van der Waals surface area contributed by atoms with E-state index in [1.54, 1.807) is 6.07 Å². The van der Waals surface area contributed by atoms with Gasteiger partial charge in [-0.1, -0.05) is 0 Å². The van der Waals surface area contributed by atoms with Gasteiger partial charge in [0.05, 0.1) is 19.1 Å². The van der Waals surface area contributed by atoms with Crippen molar-refractivity contribution in [3.05, 3.63) is 18.6 Å². The lowest BCUT2D eigenvalue weighted by Crippen LogP contribution is -2.09. The third-order valence-electron chi connectivity index (χ3n) is 0.953. The molecule has 0 spiro atoms. The summed E-state index contributed by atoms with van der Waals surface area (Å²) in [5.74, 6) is 0. The van der Waals surface area contributed by atoms with Gasteiger partial charge in [0.25, 0.3) is 0 Å². The van der Waals surface area contributed by atoms with Crippen LogP contribution in [0.2, 0.25) is 0 Å². The highest BCUT2D eigenvalue weighted by Crippen LogP contribution is 2.05. The summed E-state index contributed by atoms with van der Waals surface area (Å²) in [5.41, 5.74) is 0.590. The molecule has 0 unspecified atom stereocenters. The van der Waals surface area contributed by atoms with Crippen molar-refractivity contribution in [3.63, 3.8) is 0 Å². The van der Waals surface area contributed by atoms with Crippen molar-refractivity contribution in [3.8, 4) is 0 Å². The Labute approximate surface area is 57.8 Å². The third kappa shape index (κ3) is 1.51. The lowest BCUT2D eigenvalue weighted by molar-refractivity contribution is 0.187. The third-order valence-corrected chi connectivity index (χ3v) is 0.953. The number of furan rings is 1. The van der Waals surface area contributed by atoms with E-state index in [-0.39, 0.29) is 0 Å². The van der Waals surface area contributed by atoms with Gasteiger partial charge >= 0.3 is 6.09 Å². The number of ether oxygens (including phenoxy) is 1. The Hall–Kier alpha value is -1.45. The molecule has 0 fully saturated rings. The van der Waals surface area contributed by atoms with Crippen LogP contribution in [0.3, 0.4) is 0 Å². The van der Waals surface area contributed by atoms with Crippen molar-refractivity contribution in [2.75, 3.05) is 12.4 Å². The highest BCUT2D eigenvalue weighted by Gasteiger charge is 1.98. The van der Waals surface area contributed by atoms with Crippen molar-refractivity contribution < 1.29 is 13.9 Å². The summed E-state index contributed by atoms with van der Waals surface area (Å²) in [5, 5.41) is 2.42. The molecule has 4 heteroatoms. The zero-order valence-corrected chi connectivity index (χ0v) is 5.46. The molecule has 0 aliphatic carbocycles. The van der Waals surface area contributed by atoms with Gasteiger partial charge in [0.2, 0.25) is 0 Å². The predicted molar refractivity (Wildman–Crippen MR) is 34.7 cm³/mol. The fourth-order valence-corrected chi connectivity index (χ4v) is 0.504. The second-order valence-electron chi connectivity index (χ2n) is 1.63. The summed E-state index contributed by atoms with van der Waals surface area (Å²) in [6, 6.07) is 1.62. The van der Waals surface area contributed by atoms with Gasteiger partial charge in [-0.15, -0.1) is 0 Å². The van der Waals surface area contributed by atoms with Crippen LogP contribution in [-0.2, 0) is 4.74 Å². The first-order valence-electron chi connectivity index (χ1n) is 2.70. The number of carbonyl (C=O) groups is 1. The number of nitrogens with one attached hydrogen (secondary N) is 1. The van der Waals surface area contributed by atoms with Gasteiger partial charge < -0.3 is 9.15 Å². The van der Waals surface area contributed by atoms with E-state index >= 15 is 0 Å². The highest BCUT2D eigenvalue weighted by atomic mass is 16.5. The van der Waals surface area contributed by atoms with Gasteiger partial charge in [0.15, 0.2) is 0 Å². The van der Waals surface area contributed by atoms with Crippen molar-refractivity contribution in [2.24, 2.45) is 0 Å². The molecule has 1 N–H and O–H groups in total. The molecule has 1 rings (SSSR count). The van der Waals surface area contributed by atoms with E-state index in [2.05, 4.69) is 14.5 Å². The maximum absolute atomic E-state index is 10.5. The van der Waals surface area contributed by atoms with E-state index in [0.29, 0.717) is 5.69 Å². The number of carbonyl (C=O) groups excluding carboxylic acids is 1. The van der Waals surface area contributed by atoms with Gasteiger partial charge in [-0.25, -0.2) is 4.79 Å². The van der Waals surface area contributed by atoms with Gasteiger partial charge in [-0.2, -0.15) is 0 Å². The number of rotatable bonds is 1. The molecule has 10 heavy (non-hydrogen) atoms. The average molecular weight is 141 g/mol. The first-order chi connectivity index (χ1) is 4.83. The Balaban J connectivity index is 2.48. The molecule has 0 atom stereocenters. The Morgan fingerprint density at radius 2 is 2.60 bits per heavy atom. The average Bonchev–Trinajstić information content (AvgIpc) is 2.40. The van der Waals surface area contributed by atoms with Crippen LogP contribution in [0.25, 0.3) is 0 Å². The second kappa shape index (κ2) is 2.91. The molecule has 1 amide bonds. The quantitative estimate of drug-likeness (QED) is 0.644. The fourth-order valence-electron chi connectivity index (χ4n) is 0.504. The fraction of sp³-hybridized carbons (Fsp3) is 0.167. The van der Waals surface area contributed by atoms with E-state index in [0.717, 1.165) is 0 Å². The van der Waals surface area contributed by atoms with Crippen LogP contribution in [-0.4, -0.2) is 13.2 Å². The SMILES string of the molecule is COC(=O)Nc1ccoc1. The van der Waals surface area contributed by atoms with Crippen LogP contribution in [0.5, 0.6) is 0 Å². The van der Waals surface area contributed by atoms with Crippen LogP contribution in [0, 0.1) is 0 Å². The molecule has 0 bridgehead atoms. The van der Waals surface area contributed by atoms with Crippen molar-refractivity contribution in [1.29, 1.82) is 0 Å². The van der Waals surface area contributed by atoms with Crippen LogP contribution in [0.15, 0.2) is 23.0 Å². The largest absolute Gasteiger partial charge is 0.470 e. The molecular formula is C6H7NO3. The molecule has 1 aromatic rings. The van der Waals surface area contributed by atoms with E-state index < -0.39 is 6.09 Å². The van der Waals surface area contributed by atoms with E-state index in [1.807, 2.05) is 0 Å². The maximum Gasteiger partial charge on any atom is 0.411 e. The van der Waals surface area contributed by atoms with Crippen molar-refractivity contribution in [1.82, 2.24) is 0 Å². The number of hydrogen-bond donors (Lipinski definition) is 1. The molecule has 0 aliphatic rings. The van der Waals surface area contributed by atoms with E-state index in [4.69, 9.17) is 0 Å². The normalized spacial score (nSPS) is 8.90. The maximum atomic E-state index is 10.5. The number of amides is 1. The smallest absolute Gasteiger partial charge is 0.411 e. The highest BCUT2D eigenvalue weighted by molar-refractivity contribution is 5.83. The standard InChI is InChI=1S/C6H7NO3/c1-9-6(8)7-5-2-3-10-4-5/h2-4H,1H3,(H,7,8). The summed E-state index contributed by atoms with van der Waals surface area (Å²) >= 11 is 0. The molecule has 1 heterocycles. The van der Waals surface area contributed by atoms with E-state index in [1.165, 1.54) is 19.6 Å². The minimum Gasteiger partial charge on any atom is -0.470 e. The Morgan fingerprint density at radius 1 is 1.80 bits per heavy atom. The van der Waals surface area contributed by atoms with Gasteiger partial charge in [-0.3, -0.25) is 5.32 Å². The predicted octanol–water partition coefficient (Wildman–Crippen LogP) is 1.46. The Kier molecular flexibility index (Phi) is 1.94.